The van der Waals surface area contributed by atoms with E-state index in [1.807, 2.05) is 42.6 Å². The minimum atomic E-state index is 0.726. The van der Waals surface area contributed by atoms with Crippen molar-refractivity contribution in [3.63, 3.8) is 0 Å². The van der Waals surface area contributed by atoms with E-state index in [9.17, 15) is 0 Å². The van der Waals surface area contributed by atoms with Crippen molar-refractivity contribution in [1.82, 2.24) is 9.97 Å². The molecule has 0 spiro atoms. The van der Waals surface area contributed by atoms with Crippen molar-refractivity contribution in [2.45, 2.75) is 32.1 Å². The summed E-state index contributed by atoms with van der Waals surface area (Å²) in [5, 5.41) is 2.81. The van der Waals surface area contributed by atoms with Gasteiger partial charge in [0.15, 0.2) is 0 Å². The number of hydrogen-bond donors (Lipinski definition) is 0. The molecule has 160 valence electrons. The summed E-state index contributed by atoms with van der Waals surface area (Å²) in [4.78, 5) is 8.55. The van der Waals surface area contributed by atoms with E-state index in [1.54, 1.807) is 12.3 Å². The Morgan fingerprint density at radius 3 is 2.13 bits per heavy atom. The molecule has 1 saturated carbocycles. The van der Waals surface area contributed by atoms with Gasteiger partial charge in [-0.05, 0) is 67.3 Å². The summed E-state index contributed by atoms with van der Waals surface area (Å²) in [6, 6.07) is 15.7. The maximum atomic E-state index is 6.05. The molecule has 1 fully saturated rings. The summed E-state index contributed by atoms with van der Waals surface area (Å²) >= 11 is 12.9. The molecule has 6 heteroatoms. The van der Waals surface area contributed by atoms with Crippen LogP contribution >= 0.6 is 43.5 Å². The fourth-order valence-electron chi connectivity index (χ4n) is 3.87. The van der Waals surface area contributed by atoms with Crippen LogP contribution in [0, 0.1) is 5.92 Å². The molecule has 31 heavy (non-hydrogen) atoms. The number of nitrogens with zero attached hydrogens (tertiary/aromatic N) is 2. The quantitative estimate of drug-likeness (QED) is 0.251. The summed E-state index contributed by atoms with van der Waals surface area (Å²) in [7, 11) is 0. The molecule has 0 N–H and O–H groups in total. The average Bonchev–Trinajstić information content (AvgIpc) is 2.79. The number of fused-ring (bicyclic) bond motifs is 2. The zero-order valence-electron chi connectivity index (χ0n) is 17.0. The molecule has 0 amide bonds. The van der Waals surface area contributed by atoms with Gasteiger partial charge in [0.05, 0.1) is 22.7 Å². The standard InChI is InChI=1S/C16H18BrNO.C9H5BrClN/c17-13-6-7-15-14(10-13)16(8-9-18-15)19-11-12-4-2-1-3-5-12;10-6-1-2-9-7(5-6)8(11)3-4-12-9/h6-10,12H,1-5,11H2;1-5H. The second-order valence-corrected chi connectivity index (χ2v) is 9.98. The lowest BCUT2D eigenvalue weighted by Crippen LogP contribution is -2.15. The molecule has 0 radical (unpaired) electrons. The van der Waals surface area contributed by atoms with Gasteiger partial charge in [-0.15, -0.1) is 0 Å². The maximum Gasteiger partial charge on any atom is 0.130 e. The van der Waals surface area contributed by atoms with Gasteiger partial charge >= 0.3 is 0 Å². The van der Waals surface area contributed by atoms with Crippen LogP contribution in [0.1, 0.15) is 32.1 Å². The summed E-state index contributed by atoms with van der Waals surface area (Å²) in [5.41, 5.74) is 1.91. The van der Waals surface area contributed by atoms with Crippen LogP contribution in [-0.2, 0) is 0 Å². The number of ether oxygens (including phenoxy) is 1. The average molecular weight is 563 g/mol. The number of hydrogen-bond acceptors (Lipinski definition) is 3. The smallest absolute Gasteiger partial charge is 0.130 e. The van der Waals surface area contributed by atoms with E-state index < -0.39 is 0 Å². The molecule has 3 nitrogen and oxygen atoms in total. The van der Waals surface area contributed by atoms with Crippen LogP contribution in [0.2, 0.25) is 5.02 Å². The molecule has 2 aromatic carbocycles. The van der Waals surface area contributed by atoms with Crippen molar-refractivity contribution in [1.29, 1.82) is 0 Å². The van der Waals surface area contributed by atoms with Crippen LogP contribution < -0.4 is 4.74 Å². The third kappa shape index (κ3) is 5.97. The molecule has 0 atom stereocenters. The first-order chi connectivity index (χ1) is 15.1. The zero-order valence-corrected chi connectivity index (χ0v) is 21.0. The van der Waals surface area contributed by atoms with Gasteiger partial charge in [0.2, 0.25) is 0 Å². The Morgan fingerprint density at radius 2 is 1.42 bits per heavy atom. The molecule has 0 aliphatic heterocycles. The lowest BCUT2D eigenvalue weighted by atomic mass is 9.90. The molecule has 1 aliphatic carbocycles. The highest BCUT2D eigenvalue weighted by Gasteiger charge is 2.14. The fraction of sp³-hybridized carbons (Fsp3) is 0.280. The summed E-state index contributed by atoms with van der Waals surface area (Å²) in [6.45, 7) is 0.839. The van der Waals surface area contributed by atoms with Crippen LogP contribution in [0.15, 0.2) is 69.9 Å². The molecular formula is C25H23Br2ClN2O. The Labute approximate surface area is 204 Å². The minimum Gasteiger partial charge on any atom is -0.493 e. The van der Waals surface area contributed by atoms with E-state index in [-0.39, 0.29) is 0 Å². The van der Waals surface area contributed by atoms with E-state index >= 15 is 0 Å². The highest BCUT2D eigenvalue weighted by Crippen LogP contribution is 2.29. The number of halogens is 3. The van der Waals surface area contributed by atoms with Gasteiger partial charge < -0.3 is 4.74 Å². The second-order valence-electron chi connectivity index (χ2n) is 7.74. The predicted octanol–water partition coefficient (Wildman–Crippen LogP) is 8.61. The van der Waals surface area contributed by atoms with Gasteiger partial charge in [-0.1, -0.05) is 62.7 Å². The van der Waals surface area contributed by atoms with Crippen LogP contribution in [-0.4, -0.2) is 16.6 Å². The fourth-order valence-corrected chi connectivity index (χ4v) is 4.80. The minimum absolute atomic E-state index is 0.726. The van der Waals surface area contributed by atoms with Gasteiger partial charge in [0.1, 0.15) is 5.75 Å². The third-order valence-corrected chi connectivity index (χ3v) is 6.83. The summed E-state index contributed by atoms with van der Waals surface area (Å²) < 4.78 is 8.14. The van der Waals surface area contributed by atoms with E-state index in [4.69, 9.17) is 16.3 Å². The highest BCUT2D eigenvalue weighted by atomic mass is 79.9. The Hall–Kier alpha value is -1.69. The van der Waals surface area contributed by atoms with Crippen molar-refractivity contribution in [2.75, 3.05) is 6.61 Å². The Bertz CT molecular complexity index is 1180. The molecule has 2 aromatic heterocycles. The van der Waals surface area contributed by atoms with Crippen LogP contribution in [0.5, 0.6) is 5.75 Å². The van der Waals surface area contributed by atoms with Crippen molar-refractivity contribution in [2.24, 2.45) is 5.92 Å². The molecule has 0 saturated heterocycles. The first-order valence-corrected chi connectivity index (χ1v) is 12.4. The van der Waals surface area contributed by atoms with E-state index in [2.05, 4.69) is 47.9 Å². The molecule has 1 aliphatic rings. The first kappa shape index (κ1) is 22.5. The van der Waals surface area contributed by atoms with Crippen LogP contribution in [0.25, 0.3) is 21.8 Å². The molecule has 2 heterocycles. The van der Waals surface area contributed by atoms with E-state index in [0.717, 1.165) is 54.0 Å². The summed E-state index contributed by atoms with van der Waals surface area (Å²) in [6.07, 6.45) is 10.3. The summed E-state index contributed by atoms with van der Waals surface area (Å²) in [5.74, 6) is 1.68. The van der Waals surface area contributed by atoms with E-state index in [0.29, 0.717) is 0 Å². The Kier molecular flexibility index (Phi) is 7.81. The Balaban J connectivity index is 0.000000166. The van der Waals surface area contributed by atoms with Crippen molar-refractivity contribution in [3.8, 4) is 5.75 Å². The number of aromatic nitrogens is 2. The monoisotopic (exact) mass is 560 g/mol. The maximum absolute atomic E-state index is 6.05. The second kappa shape index (κ2) is 10.8. The normalized spacial score (nSPS) is 14.3. The van der Waals surface area contributed by atoms with Gasteiger partial charge in [0, 0.05) is 32.1 Å². The lowest BCUT2D eigenvalue weighted by molar-refractivity contribution is 0.210. The molecule has 4 aromatic rings. The van der Waals surface area contributed by atoms with Crippen molar-refractivity contribution >= 4 is 65.3 Å². The SMILES string of the molecule is Brc1ccc2nccc(OCC3CCCCC3)c2c1.Clc1ccnc2ccc(Br)cc12. The molecular weight excluding hydrogens is 540 g/mol. The molecule has 5 rings (SSSR count). The lowest BCUT2D eigenvalue weighted by Gasteiger charge is -2.22. The topological polar surface area (TPSA) is 35.0 Å². The Morgan fingerprint density at radius 1 is 0.806 bits per heavy atom. The van der Waals surface area contributed by atoms with E-state index in [1.165, 1.54) is 32.1 Å². The van der Waals surface area contributed by atoms with Crippen molar-refractivity contribution in [3.05, 3.63) is 74.9 Å². The van der Waals surface area contributed by atoms with Crippen molar-refractivity contribution < 1.29 is 4.74 Å². The van der Waals surface area contributed by atoms with Crippen LogP contribution in [0.4, 0.5) is 0 Å². The number of benzene rings is 2. The number of rotatable bonds is 3. The molecule has 0 bridgehead atoms. The predicted molar refractivity (Wildman–Crippen MR) is 136 cm³/mol. The highest BCUT2D eigenvalue weighted by molar-refractivity contribution is 9.10. The van der Waals surface area contributed by atoms with Gasteiger partial charge in [0.25, 0.3) is 0 Å². The van der Waals surface area contributed by atoms with Gasteiger partial charge in [-0.3, -0.25) is 9.97 Å². The van der Waals surface area contributed by atoms with Gasteiger partial charge in [-0.2, -0.15) is 0 Å². The molecule has 0 unspecified atom stereocenters. The zero-order chi connectivity index (χ0) is 21.6. The third-order valence-electron chi connectivity index (χ3n) is 5.51. The first-order valence-electron chi connectivity index (χ1n) is 10.5. The largest absolute Gasteiger partial charge is 0.493 e. The number of pyridine rings is 2. The van der Waals surface area contributed by atoms with Crippen LogP contribution in [0.3, 0.4) is 0 Å². The van der Waals surface area contributed by atoms with Gasteiger partial charge in [-0.25, -0.2) is 0 Å².